The van der Waals surface area contributed by atoms with Crippen LogP contribution in [0.2, 0.25) is 0 Å². The predicted octanol–water partition coefficient (Wildman–Crippen LogP) is 2.39. The van der Waals surface area contributed by atoms with Gasteiger partial charge in [0.15, 0.2) is 0 Å². The van der Waals surface area contributed by atoms with Crippen molar-refractivity contribution >= 4 is 5.84 Å². The van der Waals surface area contributed by atoms with Crippen LogP contribution in [0.5, 0.6) is 0 Å². The SMILES string of the molecule is CC1(C)CCCN1CC(C(N)=NO)c1ccccc1. The van der Waals surface area contributed by atoms with Crippen LogP contribution in [0.4, 0.5) is 0 Å². The molecule has 0 aliphatic carbocycles. The number of oxime groups is 1. The Bertz CT molecular complexity index is 442. The van der Waals surface area contributed by atoms with Gasteiger partial charge in [-0.1, -0.05) is 35.5 Å². The van der Waals surface area contributed by atoms with Gasteiger partial charge in [0, 0.05) is 12.1 Å². The van der Waals surface area contributed by atoms with E-state index in [0.717, 1.165) is 18.7 Å². The third-order valence-corrected chi connectivity index (χ3v) is 4.15. The van der Waals surface area contributed by atoms with Crippen molar-refractivity contribution in [1.82, 2.24) is 4.90 Å². The first kappa shape index (κ1) is 13.9. The monoisotopic (exact) mass is 261 g/mol. The number of benzene rings is 1. The van der Waals surface area contributed by atoms with Crippen molar-refractivity contribution in [3.05, 3.63) is 35.9 Å². The van der Waals surface area contributed by atoms with Gasteiger partial charge in [-0.15, -0.1) is 0 Å². The van der Waals surface area contributed by atoms with E-state index in [1.165, 1.54) is 12.8 Å². The fourth-order valence-electron chi connectivity index (χ4n) is 2.85. The van der Waals surface area contributed by atoms with Crippen molar-refractivity contribution in [3.8, 4) is 0 Å². The molecule has 3 N–H and O–H groups in total. The molecule has 0 amide bonds. The Kier molecular flexibility index (Phi) is 4.10. The number of nitrogens with two attached hydrogens (primary N) is 1. The van der Waals surface area contributed by atoms with Crippen molar-refractivity contribution in [3.63, 3.8) is 0 Å². The lowest BCUT2D eigenvalue weighted by Crippen LogP contribution is -2.43. The molecule has 2 rings (SSSR count). The maximum absolute atomic E-state index is 9.01. The molecule has 4 heteroatoms. The summed E-state index contributed by atoms with van der Waals surface area (Å²) in [5, 5.41) is 12.2. The van der Waals surface area contributed by atoms with Crippen molar-refractivity contribution < 1.29 is 5.21 Å². The molecule has 1 aromatic rings. The largest absolute Gasteiger partial charge is 0.409 e. The third kappa shape index (κ3) is 3.07. The van der Waals surface area contributed by atoms with E-state index in [2.05, 4.69) is 23.9 Å². The second-order valence-corrected chi connectivity index (χ2v) is 5.85. The van der Waals surface area contributed by atoms with Crippen molar-refractivity contribution in [2.24, 2.45) is 10.9 Å². The van der Waals surface area contributed by atoms with Crippen molar-refractivity contribution in [2.75, 3.05) is 13.1 Å². The molecule has 0 saturated carbocycles. The summed E-state index contributed by atoms with van der Waals surface area (Å²) in [6.07, 6.45) is 2.41. The van der Waals surface area contributed by atoms with Crippen molar-refractivity contribution in [1.29, 1.82) is 0 Å². The molecule has 0 radical (unpaired) electrons. The number of amidine groups is 1. The standard InChI is InChI=1S/C15H23N3O/c1-15(2)9-6-10-18(15)11-13(14(16)17-19)12-7-4-3-5-8-12/h3-5,7-8,13,19H,6,9-11H2,1-2H3,(H2,16,17). The summed E-state index contributed by atoms with van der Waals surface area (Å²) in [6.45, 7) is 6.39. The Morgan fingerprint density at radius 1 is 1.42 bits per heavy atom. The van der Waals surface area contributed by atoms with Crippen LogP contribution in [0.25, 0.3) is 0 Å². The van der Waals surface area contributed by atoms with E-state index in [0.29, 0.717) is 0 Å². The van der Waals surface area contributed by atoms with E-state index in [-0.39, 0.29) is 17.3 Å². The molecule has 1 unspecified atom stereocenters. The van der Waals surface area contributed by atoms with Crippen LogP contribution >= 0.6 is 0 Å². The quantitative estimate of drug-likeness (QED) is 0.378. The molecular formula is C15H23N3O. The summed E-state index contributed by atoms with van der Waals surface area (Å²) in [5.41, 5.74) is 7.18. The van der Waals surface area contributed by atoms with Crippen LogP contribution in [0.3, 0.4) is 0 Å². The van der Waals surface area contributed by atoms with Gasteiger partial charge in [-0.05, 0) is 38.8 Å². The lowest BCUT2D eigenvalue weighted by molar-refractivity contribution is 0.172. The summed E-state index contributed by atoms with van der Waals surface area (Å²) in [5.74, 6) is 0.234. The zero-order valence-electron chi connectivity index (χ0n) is 11.7. The van der Waals surface area contributed by atoms with Crippen molar-refractivity contribution in [2.45, 2.75) is 38.1 Å². The topological polar surface area (TPSA) is 61.8 Å². The molecule has 1 aliphatic rings. The second kappa shape index (κ2) is 5.61. The fraction of sp³-hybridized carbons (Fsp3) is 0.533. The van der Waals surface area contributed by atoms with Gasteiger partial charge in [0.1, 0.15) is 5.84 Å². The number of likely N-dealkylation sites (tertiary alicyclic amines) is 1. The lowest BCUT2D eigenvalue weighted by Gasteiger charge is -2.34. The van der Waals surface area contributed by atoms with E-state index < -0.39 is 0 Å². The number of nitrogens with zero attached hydrogens (tertiary/aromatic N) is 2. The summed E-state index contributed by atoms with van der Waals surface area (Å²) in [7, 11) is 0. The summed E-state index contributed by atoms with van der Waals surface area (Å²) < 4.78 is 0. The molecule has 1 heterocycles. The van der Waals surface area contributed by atoms with Gasteiger partial charge < -0.3 is 10.9 Å². The molecule has 1 saturated heterocycles. The first-order valence-electron chi connectivity index (χ1n) is 6.82. The molecule has 0 bridgehead atoms. The molecule has 19 heavy (non-hydrogen) atoms. The molecule has 104 valence electrons. The zero-order valence-corrected chi connectivity index (χ0v) is 11.7. The van der Waals surface area contributed by atoms with Crippen LogP contribution in [0.1, 0.15) is 38.2 Å². The zero-order chi connectivity index (χ0) is 13.9. The molecule has 4 nitrogen and oxygen atoms in total. The van der Waals surface area contributed by atoms with E-state index in [1.54, 1.807) is 0 Å². The Morgan fingerprint density at radius 3 is 2.63 bits per heavy atom. The minimum atomic E-state index is -0.0522. The highest BCUT2D eigenvalue weighted by atomic mass is 16.4. The van der Waals surface area contributed by atoms with Gasteiger partial charge in [-0.2, -0.15) is 0 Å². The highest BCUT2D eigenvalue weighted by molar-refractivity contribution is 5.87. The molecule has 1 atom stereocenters. The highest BCUT2D eigenvalue weighted by Crippen LogP contribution is 2.31. The third-order valence-electron chi connectivity index (χ3n) is 4.15. The minimum Gasteiger partial charge on any atom is -0.409 e. The molecule has 1 aromatic carbocycles. The number of rotatable bonds is 4. The van der Waals surface area contributed by atoms with Crippen LogP contribution in [0, 0.1) is 0 Å². The summed E-state index contributed by atoms with van der Waals surface area (Å²) >= 11 is 0. The first-order valence-corrected chi connectivity index (χ1v) is 6.82. The maximum atomic E-state index is 9.01. The second-order valence-electron chi connectivity index (χ2n) is 5.85. The van der Waals surface area contributed by atoms with Crippen LogP contribution < -0.4 is 5.73 Å². The van der Waals surface area contributed by atoms with Crippen LogP contribution in [0.15, 0.2) is 35.5 Å². The van der Waals surface area contributed by atoms with E-state index in [4.69, 9.17) is 10.9 Å². The van der Waals surface area contributed by atoms with E-state index in [9.17, 15) is 0 Å². The summed E-state index contributed by atoms with van der Waals surface area (Å²) in [6, 6.07) is 10.0. The van der Waals surface area contributed by atoms with Crippen LogP contribution in [-0.2, 0) is 0 Å². The average molecular weight is 261 g/mol. The lowest BCUT2D eigenvalue weighted by atomic mass is 9.95. The van der Waals surface area contributed by atoms with Gasteiger partial charge in [0.25, 0.3) is 0 Å². The summed E-state index contributed by atoms with van der Waals surface area (Å²) in [4.78, 5) is 2.43. The normalized spacial score (nSPS) is 21.5. The first-order chi connectivity index (χ1) is 9.04. The Morgan fingerprint density at radius 2 is 2.11 bits per heavy atom. The predicted molar refractivity (Wildman–Crippen MR) is 77.5 cm³/mol. The van der Waals surface area contributed by atoms with Gasteiger partial charge in [0.2, 0.25) is 0 Å². The van der Waals surface area contributed by atoms with Gasteiger partial charge in [-0.3, -0.25) is 4.90 Å². The van der Waals surface area contributed by atoms with Gasteiger partial charge in [0.05, 0.1) is 5.92 Å². The van der Waals surface area contributed by atoms with Gasteiger partial charge >= 0.3 is 0 Å². The maximum Gasteiger partial charge on any atom is 0.147 e. The smallest absolute Gasteiger partial charge is 0.147 e. The molecule has 0 spiro atoms. The Balaban J connectivity index is 2.20. The number of hydrogen-bond donors (Lipinski definition) is 2. The number of hydrogen-bond acceptors (Lipinski definition) is 3. The molecular weight excluding hydrogens is 238 g/mol. The molecule has 0 aromatic heterocycles. The van der Waals surface area contributed by atoms with Gasteiger partial charge in [-0.25, -0.2) is 0 Å². The Hall–Kier alpha value is -1.55. The van der Waals surface area contributed by atoms with Crippen LogP contribution in [-0.4, -0.2) is 34.6 Å². The fourth-order valence-corrected chi connectivity index (χ4v) is 2.85. The Labute approximate surface area is 114 Å². The minimum absolute atomic E-state index is 0.0522. The molecule has 1 fully saturated rings. The van der Waals surface area contributed by atoms with E-state index in [1.807, 2.05) is 30.3 Å². The van der Waals surface area contributed by atoms with E-state index >= 15 is 0 Å². The average Bonchev–Trinajstić information content (AvgIpc) is 2.75. The highest BCUT2D eigenvalue weighted by Gasteiger charge is 2.34. The molecule has 1 aliphatic heterocycles.